The summed E-state index contributed by atoms with van der Waals surface area (Å²) in [5.74, 6) is -0.476. The number of amides is 2. The van der Waals surface area contributed by atoms with Crippen molar-refractivity contribution in [2.75, 3.05) is 11.9 Å². The molecular formula is C18H16N4O5S2. The molecule has 1 heterocycles. The summed E-state index contributed by atoms with van der Waals surface area (Å²) in [6.07, 6.45) is 1.59. The Labute approximate surface area is 170 Å². The Morgan fingerprint density at radius 2 is 1.86 bits per heavy atom. The summed E-state index contributed by atoms with van der Waals surface area (Å²) in [4.78, 5) is 27.8. The molecule has 0 saturated carbocycles. The molecule has 3 rings (SSSR count). The number of amidine groups is 1. The number of hydrogen-bond donors (Lipinski definition) is 3. The quantitative estimate of drug-likeness (QED) is 0.581. The van der Waals surface area contributed by atoms with Gasteiger partial charge in [0.15, 0.2) is 11.8 Å². The van der Waals surface area contributed by atoms with Crippen molar-refractivity contribution in [2.24, 2.45) is 15.9 Å². The highest BCUT2D eigenvalue weighted by Crippen LogP contribution is 2.29. The van der Waals surface area contributed by atoms with Crippen LogP contribution in [0.15, 0.2) is 63.3 Å². The van der Waals surface area contributed by atoms with E-state index in [2.05, 4.69) is 10.3 Å². The largest absolute Gasteiger partial charge is 0.483 e. The molecule has 0 fully saturated rings. The number of ether oxygens (including phenoxy) is 1. The first kappa shape index (κ1) is 20.6. The van der Waals surface area contributed by atoms with Crippen LogP contribution in [0.1, 0.15) is 5.56 Å². The summed E-state index contributed by atoms with van der Waals surface area (Å²) in [6, 6.07) is 12.3. The molecule has 29 heavy (non-hydrogen) atoms. The lowest BCUT2D eigenvalue weighted by Gasteiger charge is -2.10. The van der Waals surface area contributed by atoms with Gasteiger partial charge in [-0.15, -0.1) is 0 Å². The van der Waals surface area contributed by atoms with E-state index in [4.69, 9.17) is 15.6 Å². The zero-order valence-electron chi connectivity index (χ0n) is 14.9. The van der Waals surface area contributed by atoms with Crippen LogP contribution in [0.25, 0.3) is 6.08 Å². The van der Waals surface area contributed by atoms with E-state index in [-0.39, 0.29) is 16.7 Å². The van der Waals surface area contributed by atoms with Crippen LogP contribution in [0.3, 0.4) is 0 Å². The van der Waals surface area contributed by atoms with Crippen molar-refractivity contribution in [3.63, 3.8) is 0 Å². The molecule has 2 aromatic rings. The van der Waals surface area contributed by atoms with Crippen molar-refractivity contribution in [1.29, 1.82) is 0 Å². The van der Waals surface area contributed by atoms with E-state index in [0.717, 1.165) is 11.8 Å². The molecule has 2 aromatic carbocycles. The van der Waals surface area contributed by atoms with Crippen molar-refractivity contribution in [3.8, 4) is 5.75 Å². The zero-order valence-corrected chi connectivity index (χ0v) is 16.5. The van der Waals surface area contributed by atoms with Crippen LogP contribution < -0.4 is 20.9 Å². The average molecular weight is 432 g/mol. The van der Waals surface area contributed by atoms with Crippen molar-refractivity contribution in [1.82, 2.24) is 0 Å². The summed E-state index contributed by atoms with van der Waals surface area (Å²) in [7, 11) is -3.80. The fourth-order valence-electron chi connectivity index (χ4n) is 2.37. The van der Waals surface area contributed by atoms with Gasteiger partial charge in [-0.3, -0.25) is 9.59 Å². The summed E-state index contributed by atoms with van der Waals surface area (Å²) < 4.78 is 28.1. The van der Waals surface area contributed by atoms with Crippen molar-refractivity contribution >= 4 is 50.5 Å². The molecule has 0 spiro atoms. The maximum Gasteiger partial charge on any atom is 0.286 e. The molecule has 150 valence electrons. The third kappa shape index (κ3) is 5.44. The number of aliphatic imine (C=N–C) groups is 1. The van der Waals surface area contributed by atoms with E-state index < -0.39 is 21.8 Å². The smallest absolute Gasteiger partial charge is 0.286 e. The topological polar surface area (TPSA) is 154 Å². The molecule has 0 saturated heterocycles. The number of nitrogens with two attached hydrogens (primary N) is 2. The highest BCUT2D eigenvalue weighted by molar-refractivity contribution is 8.18. The molecule has 2 amide bonds. The lowest BCUT2D eigenvalue weighted by Crippen LogP contribution is -2.20. The van der Waals surface area contributed by atoms with Gasteiger partial charge in [0.1, 0.15) is 5.75 Å². The number of rotatable bonds is 6. The van der Waals surface area contributed by atoms with Crippen LogP contribution in [-0.4, -0.2) is 32.0 Å². The third-order valence-corrected chi connectivity index (χ3v) is 5.41. The maximum absolute atomic E-state index is 12.1. The maximum atomic E-state index is 12.1. The minimum Gasteiger partial charge on any atom is -0.483 e. The van der Waals surface area contributed by atoms with Crippen molar-refractivity contribution in [3.05, 3.63) is 59.0 Å². The average Bonchev–Trinajstić information content (AvgIpc) is 2.97. The number of hydrogen-bond acceptors (Lipinski definition) is 7. The van der Waals surface area contributed by atoms with Gasteiger partial charge in [0.2, 0.25) is 10.0 Å². The Morgan fingerprint density at radius 1 is 1.17 bits per heavy atom. The predicted molar refractivity (Wildman–Crippen MR) is 111 cm³/mol. The number of benzene rings is 2. The number of primary sulfonamides is 1. The van der Waals surface area contributed by atoms with Gasteiger partial charge >= 0.3 is 0 Å². The minimum atomic E-state index is -3.80. The van der Waals surface area contributed by atoms with Crippen molar-refractivity contribution in [2.45, 2.75) is 4.90 Å². The van der Waals surface area contributed by atoms with Crippen LogP contribution in [0.4, 0.5) is 5.69 Å². The summed E-state index contributed by atoms with van der Waals surface area (Å²) >= 11 is 1.06. The minimum absolute atomic E-state index is 0.0577. The number of thioether (sulfide) groups is 1. The van der Waals surface area contributed by atoms with Gasteiger partial charge in [0.25, 0.3) is 11.8 Å². The SMILES string of the molecule is NC1=NC(=O)/C(=C/c2ccccc2OCC(=O)Nc2ccc(S(N)(=O)=O)cc2)S1. The number of nitrogens with zero attached hydrogens (tertiary/aromatic N) is 1. The lowest BCUT2D eigenvalue weighted by atomic mass is 10.2. The van der Waals surface area contributed by atoms with Gasteiger partial charge in [-0.25, -0.2) is 13.6 Å². The summed E-state index contributed by atoms with van der Waals surface area (Å²) in [6.45, 7) is -0.295. The molecule has 0 aliphatic carbocycles. The summed E-state index contributed by atoms with van der Waals surface area (Å²) in [5.41, 5.74) is 6.53. The molecule has 11 heteroatoms. The first-order chi connectivity index (χ1) is 13.7. The number of nitrogens with one attached hydrogen (secondary N) is 1. The Balaban J connectivity index is 1.64. The molecule has 9 nitrogen and oxygen atoms in total. The van der Waals surface area contributed by atoms with Gasteiger partial charge < -0.3 is 15.8 Å². The van der Waals surface area contributed by atoms with Crippen LogP contribution in [0.2, 0.25) is 0 Å². The number of sulfonamides is 1. The second-order valence-corrected chi connectivity index (χ2v) is 8.43. The molecular weight excluding hydrogens is 416 g/mol. The number of para-hydroxylation sites is 1. The van der Waals surface area contributed by atoms with E-state index in [1.165, 1.54) is 24.3 Å². The Hall–Kier alpha value is -3.15. The Morgan fingerprint density at radius 3 is 2.48 bits per heavy atom. The van der Waals surface area contributed by atoms with Gasteiger partial charge in [-0.05, 0) is 48.2 Å². The van der Waals surface area contributed by atoms with Crippen LogP contribution in [0.5, 0.6) is 5.75 Å². The normalized spacial score (nSPS) is 15.3. The number of anilines is 1. The standard InChI is InChI=1S/C18H16N4O5S2/c19-18-22-17(24)15(28-18)9-11-3-1-2-4-14(11)27-10-16(23)21-12-5-7-13(8-6-12)29(20,25)26/h1-9H,10H2,(H,21,23)(H2,19,22,24)(H2,20,25,26)/b15-9-. The predicted octanol–water partition coefficient (Wildman–Crippen LogP) is 1.28. The van der Waals surface area contributed by atoms with E-state index in [1.54, 1.807) is 30.3 Å². The van der Waals surface area contributed by atoms with E-state index in [1.807, 2.05) is 0 Å². The molecule has 1 aliphatic heterocycles. The second-order valence-electron chi connectivity index (χ2n) is 5.81. The Bertz CT molecular complexity index is 1130. The molecule has 0 radical (unpaired) electrons. The van der Waals surface area contributed by atoms with Gasteiger partial charge in [0, 0.05) is 11.3 Å². The van der Waals surface area contributed by atoms with Crippen molar-refractivity contribution < 1.29 is 22.7 Å². The highest BCUT2D eigenvalue weighted by atomic mass is 32.2. The van der Waals surface area contributed by atoms with E-state index in [9.17, 15) is 18.0 Å². The molecule has 0 bridgehead atoms. The van der Waals surface area contributed by atoms with E-state index >= 15 is 0 Å². The fraction of sp³-hybridized carbons (Fsp3) is 0.0556. The fourth-order valence-corrected chi connectivity index (χ4v) is 3.55. The molecule has 0 unspecified atom stereocenters. The van der Waals surface area contributed by atoms with Gasteiger partial charge in [0.05, 0.1) is 9.80 Å². The third-order valence-electron chi connectivity index (χ3n) is 3.67. The molecule has 0 aromatic heterocycles. The molecule has 1 aliphatic rings. The van der Waals surface area contributed by atoms with Gasteiger partial charge in [-0.1, -0.05) is 18.2 Å². The highest BCUT2D eigenvalue weighted by Gasteiger charge is 2.20. The van der Waals surface area contributed by atoms with Crippen LogP contribution >= 0.6 is 11.8 Å². The monoisotopic (exact) mass is 432 g/mol. The van der Waals surface area contributed by atoms with Crippen LogP contribution in [-0.2, 0) is 19.6 Å². The lowest BCUT2D eigenvalue weighted by molar-refractivity contribution is -0.118. The number of carbonyl (C=O) groups excluding carboxylic acids is 2. The number of carbonyl (C=O) groups is 2. The van der Waals surface area contributed by atoms with E-state index in [0.29, 0.717) is 21.9 Å². The first-order valence-electron chi connectivity index (χ1n) is 8.15. The summed E-state index contributed by atoms with van der Waals surface area (Å²) in [5, 5.41) is 7.79. The zero-order chi connectivity index (χ0) is 21.0. The molecule has 5 N–H and O–H groups in total. The van der Waals surface area contributed by atoms with Gasteiger partial charge in [-0.2, -0.15) is 4.99 Å². The first-order valence-corrected chi connectivity index (χ1v) is 10.5. The Kier molecular flexibility index (Phi) is 6.01. The molecule has 0 atom stereocenters. The van der Waals surface area contributed by atoms with Crippen LogP contribution in [0, 0.1) is 0 Å². The second kappa shape index (κ2) is 8.47.